The molecular weight excluding hydrogens is 284 g/mol. The van der Waals surface area contributed by atoms with Crippen LogP contribution in [0.5, 0.6) is 0 Å². The Labute approximate surface area is 127 Å². The second-order valence-electron chi connectivity index (χ2n) is 5.45. The Morgan fingerprint density at radius 3 is 2.71 bits per heavy atom. The number of nitrogens with zero attached hydrogens (tertiary/aromatic N) is 1. The van der Waals surface area contributed by atoms with Gasteiger partial charge in [-0.2, -0.15) is 4.31 Å². The van der Waals surface area contributed by atoms with Gasteiger partial charge >= 0.3 is 0 Å². The molecule has 0 amide bonds. The molecule has 5 heteroatoms. The Bertz CT molecular complexity index is 608. The molecule has 21 heavy (non-hydrogen) atoms. The maximum Gasteiger partial charge on any atom is 0.243 e. The standard InChI is InChI=1S/C16H24N2O2S/c1-3-10-17-13-15-6-4-5-7-16(15)21(19,20)18-11-8-14(2)9-12-18/h4-8,17H,3,9-13H2,1-2H3. The van der Waals surface area contributed by atoms with Gasteiger partial charge in [-0.15, -0.1) is 0 Å². The van der Waals surface area contributed by atoms with Crippen molar-refractivity contribution in [3.63, 3.8) is 0 Å². The van der Waals surface area contributed by atoms with Gasteiger partial charge in [0.2, 0.25) is 10.0 Å². The van der Waals surface area contributed by atoms with Crippen LogP contribution < -0.4 is 5.32 Å². The first-order valence-corrected chi connectivity index (χ1v) is 8.94. The number of nitrogens with one attached hydrogen (secondary N) is 1. The third-order valence-electron chi connectivity index (χ3n) is 3.73. The van der Waals surface area contributed by atoms with E-state index >= 15 is 0 Å². The van der Waals surface area contributed by atoms with Crippen molar-refractivity contribution in [3.05, 3.63) is 41.5 Å². The number of hydrogen-bond acceptors (Lipinski definition) is 3. The minimum absolute atomic E-state index is 0.432. The average Bonchev–Trinajstić information content (AvgIpc) is 2.48. The van der Waals surface area contributed by atoms with Gasteiger partial charge in [-0.05, 0) is 37.9 Å². The minimum Gasteiger partial charge on any atom is -0.313 e. The van der Waals surface area contributed by atoms with Crippen LogP contribution in [-0.4, -0.2) is 32.4 Å². The zero-order valence-corrected chi connectivity index (χ0v) is 13.6. The van der Waals surface area contributed by atoms with E-state index in [0.717, 1.165) is 24.9 Å². The summed E-state index contributed by atoms with van der Waals surface area (Å²) in [4.78, 5) is 0.432. The van der Waals surface area contributed by atoms with Gasteiger partial charge in [0.1, 0.15) is 0 Å². The van der Waals surface area contributed by atoms with Crippen LogP contribution in [0.15, 0.2) is 40.8 Å². The van der Waals surface area contributed by atoms with Gasteiger partial charge < -0.3 is 5.32 Å². The molecule has 0 spiro atoms. The average molecular weight is 308 g/mol. The van der Waals surface area contributed by atoms with E-state index in [2.05, 4.69) is 12.2 Å². The van der Waals surface area contributed by atoms with Crippen molar-refractivity contribution >= 4 is 10.0 Å². The summed E-state index contributed by atoms with van der Waals surface area (Å²) < 4.78 is 27.2. The molecule has 1 aliphatic heterocycles. The lowest BCUT2D eigenvalue weighted by molar-refractivity contribution is 0.430. The monoisotopic (exact) mass is 308 g/mol. The summed E-state index contributed by atoms with van der Waals surface area (Å²) in [6.07, 6.45) is 3.85. The molecule has 0 radical (unpaired) electrons. The van der Waals surface area contributed by atoms with E-state index in [0.29, 0.717) is 24.5 Å². The van der Waals surface area contributed by atoms with E-state index in [4.69, 9.17) is 0 Å². The van der Waals surface area contributed by atoms with Crippen molar-refractivity contribution in [2.45, 2.75) is 38.1 Å². The fraction of sp³-hybridized carbons (Fsp3) is 0.500. The Morgan fingerprint density at radius 2 is 2.05 bits per heavy atom. The summed E-state index contributed by atoms with van der Waals surface area (Å²) in [5, 5.41) is 3.28. The third kappa shape index (κ3) is 3.93. The van der Waals surface area contributed by atoms with Crippen LogP contribution in [0, 0.1) is 0 Å². The lowest BCUT2D eigenvalue weighted by Gasteiger charge is -2.25. The molecule has 1 heterocycles. The third-order valence-corrected chi connectivity index (χ3v) is 5.70. The molecule has 1 N–H and O–H groups in total. The normalized spacial score (nSPS) is 16.8. The molecule has 116 valence electrons. The topological polar surface area (TPSA) is 49.4 Å². The van der Waals surface area contributed by atoms with Crippen molar-refractivity contribution in [2.75, 3.05) is 19.6 Å². The fourth-order valence-electron chi connectivity index (χ4n) is 2.41. The first-order valence-electron chi connectivity index (χ1n) is 7.50. The molecule has 0 bridgehead atoms. The number of hydrogen-bond donors (Lipinski definition) is 1. The second kappa shape index (κ2) is 7.20. The lowest BCUT2D eigenvalue weighted by atomic mass is 10.1. The summed E-state index contributed by atoms with van der Waals surface area (Å²) in [5.74, 6) is 0. The second-order valence-corrected chi connectivity index (χ2v) is 7.35. The minimum atomic E-state index is -3.40. The maximum atomic E-state index is 12.8. The smallest absolute Gasteiger partial charge is 0.243 e. The van der Waals surface area contributed by atoms with Crippen LogP contribution in [0.25, 0.3) is 0 Å². The van der Waals surface area contributed by atoms with Crippen molar-refractivity contribution in [1.29, 1.82) is 0 Å². The summed E-state index contributed by atoms with van der Waals surface area (Å²) in [7, 11) is -3.40. The molecule has 0 aliphatic carbocycles. The molecule has 0 saturated carbocycles. The number of rotatable bonds is 6. The van der Waals surface area contributed by atoms with Crippen LogP contribution in [0.1, 0.15) is 32.3 Å². The predicted octanol–water partition coefficient (Wildman–Crippen LogP) is 2.53. The van der Waals surface area contributed by atoms with Crippen molar-refractivity contribution in [1.82, 2.24) is 9.62 Å². The van der Waals surface area contributed by atoms with Gasteiger partial charge in [-0.25, -0.2) is 8.42 Å². The summed E-state index contributed by atoms with van der Waals surface area (Å²) in [5.41, 5.74) is 2.11. The van der Waals surface area contributed by atoms with Crippen LogP contribution in [0.2, 0.25) is 0 Å². The summed E-state index contributed by atoms with van der Waals surface area (Å²) >= 11 is 0. The Kier molecular flexibility index (Phi) is 5.56. The van der Waals surface area contributed by atoms with Crippen LogP contribution >= 0.6 is 0 Å². The quantitative estimate of drug-likeness (QED) is 0.649. The van der Waals surface area contributed by atoms with Gasteiger partial charge in [0, 0.05) is 19.6 Å². The van der Waals surface area contributed by atoms with Gasteiger partial charge in [0.25, 0.3) is 0 Å². The van der Waals surface area contributed by atoms with Gasteiger partial charge in [0.15, 0.2) is 0 Å². The molecule has 1 aromatic rings. The van der Waals surface area contributed by atoms with E-state index in [1.807, 2.05) is 25.1 Å². The SMILES string of the molecule is CCCNCc1ccccc1S(=O)(=O)N1CC=C(C)CC1. The number of sulfonamides is 1. The van der Waals surface area contributed by atoms with Gasteiger partial charge in [0.05, 0.1) is 4.90 Å². The Balaban J connectivity index is 2.23. The van der Waals surface area contributed by atoms with E-state index in [1.165, 1.54) is 5.57 Å². The summed E-state index contributed by atoms with van der Waals surface area (Å²) in [6, 6.07) is 7.29. The highest BCUT2D eigenvalue weighted by Gasteiger charge is 2.27. The molecule has 0 atom stereocenters. The first-order chi connectivity index (χ1) is 10.1. The van der Waals surface area contributed by atoms with Crippen molar-refractivity contribution in [3.8, 4) is 0 Å². The molecule has 0 fully saturated rings. The highest BCUT2D eigenvalue weighted by molar-refractivity contribution is 7.89. The zero-order valence-electron chi connectivity index (χ0n) is 12.8. The first kappa shape index (κ1) is 16.2. The van der Waals surface area contributed by atoms with Crippen LogP contribution in [0.4, 0.5) is 0 Å². The van der Waals surface area contributed by atoms with E-state index in [1.54, 1.807) is 16.4 Å². The highest BCUT2D eigenvalue weighted by Crippen LogP contribution is 2.23. The fourth-order valence-corrected chi connectivity index (χ4v) is 4.01. The summed E-state index contributed by atoms with van der Waals surface area (Å²) in [6.45, 7) is 6.67. The molecular formula is C16H24N2O2S. The molecule has 2 rings (SSSR count). The largest absolute Gasteiger partial charge is 0.313 e. The van der Waals surface area contributed by atoms with Crippen LogP contribution in [0.3, 0.4) is 0 Å². The zero-order chi connectivity index (χ0) is 15.3. The number of benzene rings is 1. The van der Waals surface area contributed by atoms with Crippen molar-refractivity contribution in [2.24, 2.45) is 0 Å². The van der Waals surface area contributed by atoms with Crippen LogP contribution in [-0.2, 0) is 16.6 Å². The molecule has 0 unspecified atom stereocenters. The predicted molar refractivity (Wildman–Crippen MR) is 85.6 cm³/mol. The molecule has 1 aliphatic rings. The molecule has 0 saturated heterocycles. The maximum absolute atomic E-state index is 12.8. The van der Waals surface area contributed by atoms with E-state index in [-0.39, 0.29) is 0 Å². The van der Waals surface area contributed by atoms with E-state index < -0.39 is 10.0 Å². The highest BCUT2D eigenvalue weighted by atomic mass is 32.2. The van der Waals surface area contributed by atoms with Gasteiger partial charge in [-0.1, -0.05) is 36.8 Å². The van der Waals surface area contributed by atoms with Gasteiger partial charge in [-0.3, -0.25) is 0 Å². The molecule has 0 aromatic heterocycles. The van der Waals surface area contributed by atoms with E-state index in [9.17, 15) is 8.42 Å². The Hall–Kier alpha value is -1.17. The Morgan fingerprint density at radius 1 is 1.29 bits per heavy atom. The molecule has 4 nitrogen and oxygen atoms in total. The molecule has 1 aromatic carbocycles. The lowest BCUT2D eigenvalue weighted by Crippen LogP contribution is -2.35. The van der Waals surface area contributed by atoms with Crippen molar-refractivity contribution < 1.29 is 8.42 Å².